The molecule has 2 aliphatic rings. The van der Waals surface area contributed by atoms with Crippen molar-refractivity contribution < 1.29 is 9.18 Å². The number of benzene rings is 1. The van der Waals surface area contributed by atoms with E-state index in [1.165, 1.54) is 0 Å². The van der Waals surface area contributed by atoms with E-state index in [0.29, 0.717) is 29.8 Å². The van der Waals surface area contributed by atoms with Gasteiger partial charge in [0.2, 0.25) is 5.91 Å². The van der Waals surface area contributed by atoms with Gasteiger partial charge in [0.25, 0.3) is 0 Å². The van der Waals surface area contributed by atoms with Crippen molar-refractivity contribution in [2.24, 2.45) is 18.9 Å². The van der Waals surface area contributed by atoms with Crippen LogP contribution in [0.1, 0.15) is 37.7 Å². The number of piperidine rings is 1. The summed E-state index contributed by atoms with van der Waals surface area (Å²) in [6.45, 7) is 2.94. The summed E-state index contributed by atoms with van der Waals surface area (Å²) in [6, 6.07) is 7.39. The van der Waals surface area contributed by atoms with Gasteiger partial charge in [-0.1, -0.05) is 24.9 Å². The summed E-state index contributed by atoms with van der Waals surface area (Å²) in [4.78, 5) is 19.5. The van der Waals surface area contributed by atoms with Crippen LogP contribution < -0.4 is 10.2 Å². The van der Waals surface area contributed by atoms with E-state index in [9.17, 15) is 9.18 Å². The van der Waals surface area contributed by atoms with Crippen LogP contribution in [0.25, 0.3) is 10.8 Å². The summed E-state index contributed by atoms with van der Waals surface area (Å²) in [7, 11) is 1.88. The highest BCUT2D eigenvalue weighted by atomic mass is 35.5. The highest BCUT2D eigenvalue weighted by Gasteiger charge is 2.54. The van der Waals surface area contributed by atoms with E-state index in [1.807, 2.05) is 42.5 Å². The molecule has 2 fully saturated rings. The molecule has 3 atom stereocenters. The van der Waals surface area contributed by atoms with Crippen LogP contribution in [0.5, 0.6) is 0 Å². The van der Waals surface area contributed by atoms with Crippen LogP contribution in [0.15, 0.2) is 36.8 Å². The van der Waals surface area contributed by atoms with Gasteiger partial charge in [-0.05, 0) is 35.1 Å². The quantitative estimate of drug-likeness (QED) is 0.565. The molecule has 0 spiro atoms. The molecule has 9 heteroatoms. The number of rotatable bonds is 5. The second kappa shape index (κ2) is 8.55. The van der Waals surface area contributed by atoms with E-state index >= 15 is 0 Å². The van der Waals surface area contributed by atoms with Crippen LogP contribution >= 0.6 is 11.6 Å². The van der Waals surface area contributed by atoms with Gasteiger partial charge in [0, 0.05) is 62.6 Å². The maximum atomic E-state index is 14.3. The number of aromatic nitrogens is 3. The van der Waals surface area contributed by atoms with Crippen LogP contribution in [0.2, 0.25) is 5.02 Å². The summed E-state index contributed by atoms with van der Waals surface area (Å²) >= 11 is 6.52. The van der Waals surface area contributed by atoms with Crippen LogP contribution in [0.3, 0.4) is 0 Å². The third kappa shape index (κ3) is 4.09. The number of halogens is 2. The third-order valence-electron chi connectivity index (χ3n) is 7.19. The minimum absolute atomic E-state index is 0.0337. The van der Waals surface area contributed by atoms with Gasteiger partial charge in [-0.3, -0.25) is 9.48 Å². The number of nitrogens with one attached hydrogen (secondary N) is 1. The second-order valence-electron chi connectivity index (χ2n) is 9.34. The minimum Gasteiger partial charge on any atom is -0.370 e. The molecule has 176 valence electrons. The van der Waals surface area contributed by atoms with Crippen molar-refractivity contribution in [3.05, 3.63) is 47.4 Å². The van der Waals surface area contributed by atoms with E-state index in [2.05, 4.69) is 22.3 Å². The molecular formula is C25H26ClFN6O. The average molecular weight is 481 g/mol. The van der Waals surface area contributed by atoms with Crippen molar-refractivity contribution >= 4 is 39.8 Å². The topological polar surface area (TPSA) is 86.8 Å². The Balaban J connectivity index is 1.34. The van der Waals surface area contributed by atoms with E-state index < -0.39 is 5.67 Å². The van der Waals surface area contributed by atoms with Gasteiger partial charge in [-0.25, -0.2) is 9.37 Å². The maximum absolute atomic E-state index is 14.3. The number of hydrogen-bond donors (Lipinski definition) is 1. The van der Waals surface area contributed by atoms with Gasteiger partial charge in [-0.15, -0.1) is 0 Å². The minimum atomic E-state index is -1.77. The number of fused-ring (bicyclic) bond motifs is 1. The second-order valence-corrected chi connectivity index (χ2v) is 9.75. The molecule has 5 rings (SSSR count). The molecule has 34 heavy (non-hydrogen) atoms. The van der Waals surface area contributed by atoms with Gasteiger partial charge in [0.05, 0.1) is 16.9 Å². The molecule has 0 radical (unpaired) electrons. The Hall–Kier alpha value is -3.18. The molecule has 0 bridgehead atoms. The Kier molecular flexibility index (Phi) is 5.68. The van der Waals surface area contributed by atoms with E-state index in [-0.39, 0.29) is 30.6 Å². The number of carbonyl (C=O) groups excluding carboxylic acids is 1. The SMILES string of the molecule is CC[C@H]1C(c2cnn(C)c2)[C@H]1C(=O)Nc1cc2cc(N3CCC(F)(C#N)CC3)c(Cl)cc2cn1. The van der Waals surface area contributed by atoms with Crippen molar-refractivity contribution in [2.75, 3.05) is 23.3 Å². The number of nitriles is 1. The van der Waals surface area contributed by atoms with Crippen LogP contribution in [-0.2, 0) is 11.8 Å². The molecule has 2 aromatic heterocycles. The highest BCUT2D eigenvalue weighted by Crippen LogP contribution is 2.56. The zero-order valence-corrected chi connectivity index (χ0v) is 19.9. The largest absolute Gasteiger partial charge is 0.370 e. The van der Waals surface area contributed by atoms with Crippen molar-refractivity contribution in [3.8, 4) is 6.07 Å². The van der Waals surface area contributed by atoms with E-state index in [4.69, 9.17) is 16.9 Å². The summed E-state index contributed by atoms with van der Waals surface area (Å²) in [5, 5.41) is 18.6. The molecule has 1 aliphatic carbocycles. The summed E-state index contributed by atoms with van der Waals surface area (Å²) in [6.07, 6.45) is 6.73. The Morgan fingerprint density at radius 1 is 1.29 bits per heavy atom. The molecule has 1 saturated carbocycles. The zero-order valence-electron chi connectivity index (χ0n) is 19.1. The van der Waals surface area contributed by atoms with E-state index in [1.54, 1.807) is 16.9 Å². The molecule has 1 aromatic carbocycles. The first-order valence-corrected chi connectivity index (χ1v) is 11.9. The maximum Gasteiger partial charge on any atom is 0.229 e. The summed E-state index contributed by atoms with van der Waals surface area (Å²) < 4.78 is 16.1. The number of aryl methyl sites for hydroxylation is 1. The number of anilines is 2. The third-order valence-corrected chi connectivity index (χ3v) is 7.49. The Morgan fingerprint density at radius 2 is 2.06 bits per heavy atom. The van der Waals surface area contributed by atoms with Gasteiger partial charge < -0.3 is 10.2 Å². The first-order chi connectivity index (χ1) is 16.3. The fraction of sp³-hybridized carbons (Fsp3) is 0.440. The molecule has 1 aliphatic heterocycles. The molecule has 7 nitrogen and oxygen atoms in total. The summed E-state index contributed by atoms with van der Waals surface area (Å²) in [5.74, 6) is 0.837. The number of nitrogens with zero attached hydrogens (tertiary/aromatic N) is 5. The van der Waals surface area contributed by atoms with Gasteiger partial charge >= 0.3 is 0 Å². The van der Waals surface area contributed by atoms with Gasteiger partial charge in [-0.2, -0.15) is 10.4 Å². The molecule has 1 saturated heterocycles. The van der Waals surface area contributed by atoms with Crippen LogP contribution in [0, 0.1) is 23.2 Å². The number of hydrogen-bond acceptors (Lipinski definition) is 5. The fourth-order valence-electron chi connectivity index (χ4n) is 5.19. The van der Waals surface area contributed by atoms with E-state index in [0.717, 1.165) is 28.4 Å². The van der Waals surface area contributed by atoms with Gasteiger partial charge in [0.1, 0.15) is 11.9 Å². The molecule has 3 heterocycles. The monoisotopic (exact) mass is 480 g/mol. The normalized spacial score (nSPS) is 23.5. The number of amides is 1. The van der Waals surface area contributed by atoms with Crippen LogP contribution in [-0.4, -0.2) is 39.4 Å². The highest BCUT2D eigenvalue weighted by molar-refractivity contribution is 6.34. The molecule has 1 N–H and O–H groups in total. The predicted molar refractivity (Wildman–Crippen MR) is 130 cm³/mol. The molecule has 1 unspecified atom stereocenters. The Labute approximate surface area is 202 Å². The lowest BCUT2D eigenvalue weighted by Crippen LogP contribution is -2.41. The average Bonchev–Trinajstić information content (AvgIpc) is 3.42. The summed E-state index contributed by atoms with van der Waals surface area (Å²) in [5.41, 5.74) is 0.117. The first-order valence-electron chi connectivity index (χ1n) is 11.6. The lowest BCUT2D eigenvalue weighted by atomic mass is 9.94. The van der Waals surface area contributed by atoms with Crippen molar-refractivity contribution in [1.82, 2.24) is 14.8 Å². The standard InChI is InChI=1S/C25H26ClFN6O/c1-3-18-22(17-12-30-32(2)13-17)23(18)24(34)31-21-10-15-9-20(19(26)8-16(15)11-29-21)33-6-4-25(27,14-28)5-7-33/h8-13,18,22-23H,3-7H2,1-2H3,(H,29,31,34)/t18-,22?,23-/m0/s1. The number of alkyl halides is 1. The lowest BCUT2D eigenvalue weighted by molar-refractivity contribution is -0.117. The molecule has 3 aromatic rings. The Bertz CT molecular complexity index is 1290. The number of pyridine rings is 1. The van der Waals surface area contributed by atoms with Crippen molar-refractivity contribution in [2.45, 2.75) is 37.8 Å². The van der Waals surface area contributed by atoms with Gasteiger partial charge in [0.15, 0.2) is 5.67 Å². The first kappa shape index (κ1) is 22.6. The lowest BCUT2D eigenvalue weighted by Gasteiger charge is -2.34. The zero-order chi connectivity index (χ0) is 24.0. The van der Waals surface area contributed by atoms with Crippen LogP contribution in [0.4, 0.5) is 15.9 Å². The smallest absolute Gasteiger partial charge is 0.229 e. The predicted octanol–water partition coefficient (Wildman–Crippen LogP) is 4.83. The molecular weight excluding hydrogens is 455 g/mol. The van der Waals surface area contributed by atoms with Crippen molar-refractivity contribution in [3.63, 3.8) is 0 Å². The Morgan fingerprint density at radius 3 is 2.71 bits per heavy atom. The molecule has 1 amide bonds. The number of carbonyl (C=O) groups is 1. The van der Waals surface area contributed by atoms with Crippen molar-refractivity contribution in [1.29, 1.82) is 5.26 Å². The fourth-order valence-corrected chi connectivity index (χ4v) is 5.49.